The quantitative estimate of drug-likeness (QED) is 0.863. The minimum absolute atomic E-state index is 0.0681. The summed E-state index contributed by atoms with van der Waals surface area (Å²) in [5.74, 6) is -0.0681. The molecule has 3 heterocycles. The number of carbonyl (C=O) groups is 1. The van der Waals surface area contributed by atoms with E-state index in [-0.39, 0.29) is 5.91 Å². The van der Waals surface area contributed by atoms with Gasteiger partial charge in [0.1, 0.15) is 0 Å². The summed E-state index contributed by atoms with van der Waals surface area (Å²) < 4.78 is 0. The van der Waals surface area contributed by atoms with E-state index in [9.17, 15) is 4.79 Å². The van der Waals surface area contributed by atoms with Crippen molar-refractivity contribution in [1.29, 1.82) is 0 Å². The van der Waals surface area contributed by atoms with Crippen LogP contribution in [0, 0.1) is 20.8 Å². The molecular weight excluding hydrogens is 346 g/mol. The third-order valence-electron chi connectivity index (χ3n) is 4.06. The van der Waals surface area contributed by atoms with Crippen molar-refractivity contribution in [3.8, 4) is 0 Å². The molecule has 1 aliphatic heterocycles. The van der Waals surface area contributed by atoms with E-state index < -0.39 is 0 Å². The molecular formula is C19H29N5OS. The summed E-state index contributed by atoms with van der Waals surface area (Å²) in [6.45, 7) is 13.9. The van der Waals surface area contributed by atoms with Crippen LogP contribution < -0.4 is 10.6 Å². The van der Waals surface area contributed by atoms with Crippen LogP contribution in [0.3, 0.4) is 0 Å². The number of piperazine rings is 1. The second-order valence-electron chi connectivity index (χ2n) is 6.76. The molecule has 0 spiro atoms. The smallest absolute Gasteiger partial charge is 0.223 e. The monoisotopic (exact) mass is 375 g/mol. The minimum atomic E-state index is -0.0681. The lowest BCUT2D eigenvalue weighted by atomic mass is 10.2. The lowest BCUT2D eigenvalue weighted by Gasteiger charge is -2.33. The van der Waals surface area contributed by atoms with Gasteiger partial charge in [-0.1, -0.05) is 0 Å². The highest BCUT2D eigenvalue weighted by atomic mass is 32.1. The summed E-state index contributed by atoms with van der Waals surface area (Å²) in [6, 6.07) is 4.70. The molecule has 1 fully saturated rings. The third-order valence-corrected chi connectivity index (χ3v) is 4.96. The fourth-order valence-electron chi connectivity index (χ4n) is 2.95. The van der Waals surface area contributed by atoms with Crippen molar-refractivity contribution in [3.63, 3.8) is 0 Å². The fraction of sp³-hybridized carbons (Fsp3) is 0.526. The first-order valence-electron chi connectivity index (χ1n) is 8.92. The molecule has 6 nitrogen and oxygen atoms in total. The molecule has 0 aliphatic carbocycles. The number of aromatic nitrogens is 2. The normalized spacial score (nSPS) is 17.3. The lowest BCUT2D eigenvalue weighted by Crippen LogP contribution is -2.49. The molecule has 1 unspecified atom stereocenters. The summed E-state index contributed by atoms with van der Waals surface area (Å²) in [4.78, 5) is 23.0. The lowest BCUT2D eigenvalue weighted by molar-refractivity contribution is -0.114. The number of nitrogens with one attached hydrogen (secondary N) is 2. The van der Waals surface area contributed by atoms with Gasteiger partial charge in [0, 0.05) is 61.6 Å². The van der Waals surface area contributed by atoms with Gasteiger partial charge in [0.15, 0.2) is 5.13 Å². The van der Waals surface area contributed by atoms with E-state index in [2.05, 4.69) is 51.5 Å². The van der Waals surface area contributed by atoms with Gasteiger partial charge in [-0.25, -0.2) is 4.98 Å². The van der Waals surface area contributed by atoms with E-state index in [1.54, 1.807) is 11.3 Å². The van der Waals surface area contributed by atoms with Gasteiger partial charge in [-0.15, -0.1) is 11.3 Å². The Kier molecular flexibility index (Phi) is 7.68. The second kappa shape index (κ2) is 9.75. The van der Waals surface area contributed by atoms with Crippen molar-refractivity contribution < 1.29 is 4.79 Å². The summed E-state index contributed by atoms with van der Waals surface area (Å²) >= 11 is 1.55. The molecule has 1 saturated heterocycles. The highest BCUT2D eigenvalue weighted by molar-refractivity contribution is 7.15. The van der Waals surface area contributed by atoms with Gasteiger partial charge in [0.2, 0.25) is 5.91 Å². The average Bonchev–Trinajstić information content (AvgIpc) is 2.95. The van der Waals surface area contributed by atoms with Crippen LogP contribution in [0.15, 0.2) is 18.3 Å². The number of aryl methyl sites for hydroxylation is 3. The Hall–Kier alpha value is -1.83. The first-order chi connectivity index (χ1) is 12.3. The number of nitrogens with zero attached hydrogens (tertiary/aromatic N) is 3. The number of pyridine rings is 1. The third kappa shape index (κ3) is 6.82. The van der Waals surface area contributed by atoms with E-state index in [1.165, 1.54) is 17.4 Å². The molecule has 0 bridgehead atoms. The van der Waals surface area contributed by atoms with Gasteiger partial charge in [0.05, 0.1) is 0 Å². The predicted molar refractivity (Wildman–Crippen MR) is 108 cm³/mol. The van der Waals surface area contributed by atoms with Crippen LogP contribution in [0.25, 0.3) is 0 Å². The number of amides is 1. The number of carbonyl (C=O) groups excluding carboxylic acids is 1. The Balaban J connectivity index is 0.000000228. The maximum absolute atomic E-state index is 10.9. The molecule has 1 amide bonds. The van der Waals surface area contributed by atoms with E-state index in [0.29, 0.717) is 11.2 Å². The maximum atomic E-state index is 10.9. The van der Waals surface area contributed by atoms with Crippen molar-refractivity contribution >= 4 is 22.4 Å². The number of rotatable bonds is 3. The van der Waals surface area contributed by atoms with Gasteiger partial charge in [-0.05, 0) is 45.4 Å². The predicted octanol–water partition coefficient (Wildman–Crippen LogP) is 2.90. The molecule has 1 atom stereocenters. The topological polar surface area (TPSA) is 70.2 Å². The van der Waals surface area contributed by atoms with Crippen LogP contribution in [-0.4, -0.2) is 46.5 Å². The van der Waals surface area contributed by atoms with Crippen LogP contribution in [0.2, 0.25) is 0 Å². The zero-order chi connectivity index (χ0) is 19.1. The Morgan fingerprint density at radius 1 is 1.35 bits per heavy atom. The molecule has 2 aromatic heterocycles. The van der Waals surface area contributed by atoms with Gasteiger partial charge in [-0.3, -0.25) is 14.7 Å². The van der Waals surface area contributed by atoms with E-state index in [4.69, 9.17) is 0 Å². The van der Waals surface area contributed by atoms with Crippen molar-refractivity contribution in [3.05, 3.63) is 40.2 Å². The zero-order valence-corrected chi connectivity index (χ0v) is 17.1. The number of thiazole rings is 1. The van der Waals surface area contributed by atoms with Gasteiger partial charge < -0.3 is 10.6 Å². The first-order valence-corrected chi connectivity index (χ1v) is 9.74. The van der Waals surface area contributed by atoms with Crippen LogP contribution in [-0.2, 0) is 11.3 Å². The molecule has 142 valence electrons. The molecule has 3 rings (SSSR count). The molecule has 0 radical (unpaired) electrons. The molecule has 0 saturated carbocycles. The standard InChI is InChI=1S/C11H18N4OS.C8H11N/c1-8-5-12-3-4-15(8)7-10-6-13-11(17-10)14-9(2)16;1-6-4-7(2)9-8(3)5-6/h6,8,12H,3-5,7H2,1-2H3,(H,13,14,16);4-5H,1-3H3. The van der Waals surface area contributed by atoms with Crippen LogP contribution in [0.5, 0.6) is 0 Å². The second-order valence-corrected chi connectivity index (χ2v) is 7.88. The van der Waals surface area contributed by atoms with Crippen LogP contribution in [0.1, 0.15) is 35.7 Å². The van der Waals surface area contributed by atoms with Crippen LogP contribution in [0.4, 0.5) is 5.13 Å². The van der Waals surface area contributed by atoms with E-state index in [0.717, 1.165) is 37.6 Å². The first kappa shape index (κ1) is 20.5. The summed E-state index contributed by atoms with van der Waals surface area (Å²) in [6.07, 6.45) is 1.85. The molecule has 1 aliphatic rings. The highest BCUT2D eigenvalue weighted by Crippen LogP contribution is 2.20. The Morgan fingerprint density at radius 2 is 2.04 bits per heavy atom. The maximum Gasteiger partial charge on any atom is 0.223 e. The summed E-state index contributed by atoms with van der Waals surface area (Å²) in [7, 11) is 0. The van der Waals surface area contributed by atoms with Crippen molar-refractivity contribution in [2.24, 2.45) is 0 Å². The van der Waals surface area contributed by atoms with Crippen LogP contribution >= 0.6 is 11.3 Å². The largest absolute Gasteiger partial charge is 0.314 e. The van der Waals surface area contributed by atoms with Crippen molar-refractivity contribution in [1.82, 2.24) is 20.2 Å². The molecule has 2 N–H and O–H groups in total. The minimum Gasteiger partial charge on any atom is -0.314 e. The average molecular weight is 376 g/mol. The number of anilines is 1. The summed E-state index contributed by atoms with van der Waals surface area (Å²) in [5.41, 5.74) is 3.50. The molecule has 0 aromatic carbocycles. The summed E-state index contributed by atoms with van der Waals surface area (Å²) in [5, 5.41) is 6.77. The van der Waals surface area contributed by atoms with E-state index >= 15 is 0 Å². The molecule has 26 heavy (non-hydrogen) atoms. The van der Waals surface area contributed by atoms with Gasteiger partial charge in [-0.2, -0.15) is 0 Å². The molecule has 2 aromatic rings. The van der Waals surface area contributed by atoms with E-state index in [1.807, 2.05) is 20.0 Å². The fourth-order valence-corrected chi connectivity index (χ4v) is 3.83. The highest BCUT2D eigenvalue weighted by Gasteiger charge is 2.18. The SMILES string of the molecule is CC(=O)Nc1ncc(CN2CCNCC2C)s1.Cc1cc(C)nc(C)c1. The Labute approximate surface area is 160 Å². The number of hydrogen-bond acceptors (Lipinski definition) is 6. The molecule has 7 heteroatoms. The van der Waals surface area contributed by atoms with Crippen molar-refractivity contribution in [2.45, 2.75) is 47.2 Å². The zero-order valence-electron chi connectivity index (χ0n) is 16.3. The Bertz CT molecular complexity index is 680. The number of hydrogen-bond donors (Lipinski definition) is 2. The van der Waals surface area contributed by atoms with Gasteiger partial charge in [0.25, 0.3) is 0 Å². The Morgan fingerprint density at radius 3 is 2.62 bits per heavy atom. The van der Waals surface area contributed by atoms with Crippen molar-refractivity contribution in [2.75, 3.05) is 25.0 Å². The van der Waals surface area contributed by atoms with Gasteiger partial charge >= 0.3 is 0 Å².